The highest BCUT2D eigenvalue weighted by Crippen LogP contribution is 2.26. The van der Waals surface area contributed by atoms with Crippen LogP contribution in [0, 0.1) is 0 Å². The number of carbonyl (C=O) groups is 4. The molecule has 0 radical (unpaired) electrons. The van der Waals surface area contributed by atoms with Gasteiger partial charge in [0.15, 0.2) is 0 Å². The zero-order valence-electron chi connectivity index (χ0n) is 11.8. The van der Waals surface area contributed by atoms with Gasteiger partial charge < -0.3 is 4.79 Å². The minimum absolute atomic E-state index is 0.0984. The molecular weight excluding hydrogens is 278 g/mol. The highest BCUT2D eigenvalue weighted by Gasteiger charge is 2.38. The fourth-order valence-electron chi connectivity index (χ4n) is 2.04. The van der Waals surface area contributed by atoms with Crippen molar-refractivity contribution in [3.8, 4) is 0 Å². The topological polar surface area (TPSA) is 71.5 Å². The zero-order valence-corrected chi connectivity index (χ0v) is 12.6. The van der Waals surface area contributed by atoms with Crippen molar-refractivity contribution in [2.75, 3.05) is 12.3 Å². The van der Waals surface area contributed by atoms with Crippen LogP contribution >= 0.6 is 11.8 Å². The van der Waals surface area contributed by atoms with Gasteiger partial charge >= 0.3 is 0 Å². The lowest BCUT2D eigenvalue weighted by molar-refractivity contribution is -0.138. The fourth-order valence-corrected chi connectivity index (χ4v) is 3.26. The summed E-state index contributed by atoms with van der Waals surface area (Å²) in [7, 11) is 0. The summed E-state index contributed by atoms with van der Waals surface area (Å²) in [5, 5.41) is -0.322. The van der Waals surface area contributed by atoms with Crippen molar-refractivity contribution in [2.24, 2.45) is 0 Å². The molecule has 0 aromatic heterocycles. The Morgan fingerprint density at radius 3 is 2.75 bits per heavy atom. The summed E-state index contributed by atoms with van der Waals surface area (Å²) in [4.78, 5) is 46.2. The normalized spacial score (nSPS) is 18.6. The lowest BCUT2D eigenvalue weighted by atomic mass is 10.2. The van der Waals surface area contributed by atoms with Gasteiger partial charge in [0.05, 0.1) is 5.25 Å². The number of amides is 2. The maximum atomic E-state index is 12.1. The lowest BCUT2D eigenvalue weighted by Crippen LogP contribution is -2.32. The van der Waals surface area contributed by atoms with E-state index in [-0.39, 0.29) is 29.3 Å². The second kappa shape index (κ2) is 8.89. The van der Waals surface area contributed by atoms with Crippen LogP contribution in [0.1, 0.15) is 45.4 Å². The molecule has 20 heavy (non-hydrogen) atoms. The van der Waals surface area contributed by atoms with Crippen molar-refractivity contribution in [3.63, 3.8) is 0 Å². The summed E-state index contributed by atoms with van der Waals surface area (Å²) in [6, 6.07) is 0. The highest BCUT2D eigenvalue weighted by atomic mass is 32.2. The molecule has 1 atom stereocenters. The highest BCUT2D eigenvalue weighted by molar-refractivity contribution is 8.00. The molecular formula is C14H21NO4S. The standard InChI is InChI=1S/C14H21NO4S/c1-11(17)6-9-20-12-10-13(18)15(14(12)19)7-4-2-3-5-8-16/h8,12H,2-7,9-10H2,1H3. The van der Waals surface area contributed by atoms with E-state index in [4.69, 9.17) is 0 Å². The van der Waals surface area contributed by atoms with Crippen LogP contribution in [0.3, 0.4) is 0 Å². The van der Waals surface area contributed by atoms with Crippen LogP contribution in [0.4, 0.5) is 0 Å². The van der Waals surface area contributed by atoms with Gasteiger partial charge in [0.25, 0.3) is 0 Å². The Hall–Kier alpha value is -1.17. The van der Waals surface area contributed by atoms with Crippen molar-refractivity contribution in [2.45, 2.75) is 50.7 Å². The van der Waals surface area contributed by atoms with E-state index in [1.165, 1.54) is 23.6 Å². The van der Waals surface area contributed by atoms with E-state index in [2.05, 4.69) is 0 Å². The van der Waals surface area contributed by atoms with Gasteiger partial charge in [-0.2, -0.15) is 0 Å². The van der Waals surface area contributed by atoms with Crippen LogP contribution in [0.25, 0.3) is 0 Å². The van der Waals surface area contributed by atoms with E-state index in [9.17, 15) is 19.2 Å². The number of nitrogens with zero attached hydrogens (tertiary/aromatic N) is 1. The molecule has 1 rings (SSSR count). The van der Waals surface area contributed by atoms with Crippen LogP contribution < -0.4 is 0 Å². The molecule has 0 aliphatic carbocycles. The first-order chi connectivity index (χ1) is 9.56. The van der Waals surface area contributed by atoms with E-state index in [1.807, 2.05) is 0 Å². The molecule has 5 nitrogen and oxygen atoms in total. The van der Waals surface area contributed by atoms with Crippen LogP contribution in [-0.4, -0.2) is 46.3 Å². The molecule has 112 valence electrons. The third-order valence-corrected chi connectivity index (χ3v) is 4.39. The average molecular weight is 299 g/mol. The molecule has 1 heterocycles. The second-order valence-corrected chi connectivity index (χ2v) is 6.23. The smallest absolute Gasteiger partial charge is 0.242 e. The Balaban J connectivity index is 2.30. The molecule has 0 aromatic carbocycles. The van der Waals surface area contributed by atoms with Gasteiger partial charge in [0.2, 0.25) is 11.8 Å². The van der Waals surface area contributed by atoms with Crippen LogP contribution in [-0.2, 0) is 19.2 Å². The summed E-state index contributed by atoms with van der Waals surface area (Å²) in [6.45, 7) is 1.97. The Bertz CT molecular complexity index is 383. The maximum Gasteiger partial charge on any atom is 0.242 e. The molecule has 1 fully saturated rings. The van der Waals surface area contributed by atoms with E-state index in [0.717, 1.165) is 25.5 Å². The number of hydrogen-bond donors (Lipinski definition) is 0. The van der Waals surface area contributed by atoms with Crippen molar-refractivity contribution in [3.05, 3.63) is 0 Å². The summed E-state index contributed by atoms with van der Waals surface area (Å²) in [5.41, 5.74) is 0. The van der Waals surface area contributed by atoms with E-state index >= 15 is 0 Å². The van der Waals surface area contributed by atoms with E-state index in [1.54, 1.807) is 0 Å². The van der Waals surface area contributed by atoms with Gasteiger partial charge in [-0.05, 0) is 19.8 Å². The van der Waals surface area contributed by atoms with E-state index in [0.29, 0.717) is 25.1 Å². The Morgan fingerprint density at radius 1 is 1.35 bits per heavy atom. The Kier molecular flexibility index (Phi) is 7.51. The van der Waals surface area contributed by atoms with Crippen LogP contribution in [0.5, 0.6) is 0 Å². The number of unbranched alkanes of at least 4 members (excludes halogenated alkanes) is 3. The van der Waals surface area contributed by atoms with Crippen molar-refractivity contribution in [1.82, 2.24) is 4.90 Å². The molecule has 0 aromatic rings. The number of likely N-dealkylation sites (tertiary alicyclic amines) is 1. The molecule has 1 unspecified atom stereocenters. The van der Waals surface area contributed by atoms with Crippen molar-refractivity contribution >= 4 is 35.6 Å². The molecule has 0 N–H and O–H groups in total. The fraction of sp³-hybridized carbons (Fsp3) is 0.714. The number of rotatable bonds is 10. The number of aldehydes is 1. The van der Waals surface area contributed by atoms with Gasteiger partial charge in [0.1, 0.15) is 12.1 Å². The predicted molar refractivity (Wildman–Crippen MR) is 77.4 cm³/mol. The lowest BCUT2D eigenvalue weighted by Gasteiger charge is -2.14. The number of Topliss-reactive ketones (excluding diaryl/α,β-unsaturated/α-hetero) is 1. The van der Waals surface area contributed by atoms with Crippen LogP contribution in [0.15, 0.2) is 0 Å². The monoisotopic (exact) mass is 299 g/mol. The molecule has 2 amide bonds. The van der Waals surface area contributed by atoms with Gasteiger partial charge in [-0.3, -0.25) is 19.3 Å². The van der Waals surface area contributed by atoms with Crippen molar-refractivity contribution < 1.29 is 19.2 Å². The molecule has 1 aliphatic rings. The van der Waals surface area contributed by atoms with Gasteiger partial charge in [0, 0.05) is 31.6 Å². The number of hydrogen-bond acceptors (Lipinski definition) is 5. The quantitative estimate of drug-likeness (QED) is 0.348. The second-order valence-electron chi connectivity index (χ2n) is 4.92. The first-order valence-electron chi connectivity index (χ1n) is 6.95. The third kappa shape index (κ3) is 5.45. The number of thioether (sulfide) groups is 1. The van der Waals surface area contributed by atoms with Gasteiger partial charge in [-0.1, -0.05) is 6.42 Å². The predicted octanol–water partition coefficient (Wildman–Crippen LogP) is 1.59. The average Bonchev–Trinajstić information content (AvgIpc) is 2.65. The summed E-state index contributed by atoms with van der Waals surface area (Å²) in [6.07, 6.45) is 4.49. The minimum atomic E-state index is -0.322. The summed E-state index contributed by atoms with van der Waals surface area (Å²) < 4.78 is 0. The molecule has 1 saturated heterocycles. The number of ketones is 1. The minimum Gasteiger partial charge on any atom is -0.303 e. The Morgan fingerprint density at radius 2 is 2.10 bits per heavy atom. The maximum absolute atomic E-state index is 12.1. The largest absolute Gasteiger partial charge is 0.303 e. The first kappa shape index (κ1) is 16.9. The first-order valence-corrected chi connectivity index (χ1v) is 8.00. The Labute approximate surface area is 123 Å². The molecule has 1 aliphatic heterocycles. The molecule has 6 heteroatoms. The zero-order chi connectivity index (χ0) is 15.0. The summed E-state index contributed by atoms with van der Waals surface area (Å²) >= 11 is 1.40. The number of imide groups is 1. The summed E-state index contributed by atoms with van der Waals surface area (Å²) in [5.74, 6) is 0.442. The number of carbonyl (C=O) groups excluding carboxylic acids is 4. The third-order valence-electron chi connectivity index (χ3n) is 3.18. The van der Waals surface area contributed by atoms with Crippen molar-refractivity contribution in [1.29, 1.82) is 0 Å². The SMILES string of the molecule is CC(=O)CCSC1CC(=O)N(CCCCCC=O)C1=O. The van der Waals surface area contributed by atoms with Crippen LogP contribution in [0.2, 0.25) is 0 Å². The van der Waals surface area contributed by atoms with Gasteiger partial charge in [-0.25, -0.2) is 0 Å². The molecule has 0 bridgehead atoms. The van der Waals surface area contributed by atoms with E-state index < -0.39 is 0 Å². The molecule has 0 saturated carbocycles. The molecule has 0 spiro atoms. The van der Waals surface area contributed by atoms with Gasteiger partial charge in [-0.15, -0.1) is 11.8 Å².